The number of benzene rings is 1. The monoisotopic (exact) mass is 380 g/mol. The Morgan fingerprint density at radius 2 is 2.04 bits per heavy atom. The second-order valence-corrected chi connectivity index (χ2v) is 8.12. The van der Waals surface area contributed by atoms with E-state index < -0.39 is 0 Å². The minimum Gasteiger partial charge on any atom is -0.497 e. The van der Waals surface area contributed by atoms with Gasteiger partial charge >= 0.3 is 0 Å². The third-order valence-electron chi connectivity index (χ3n) is 5.10. The van der Waals surface area contributed by atoms with Crippen LogP contribution in [0.4, 0.5) is 0 Å². The molecule has 0 amide bonds. The van der Waals surface area contributed by atoms with Gasteiger partial charge in [0.25, 0.3) is 0 Å². The molecule has 1 atom stereocenters. The van der Waals surface area contributed by atoms with Crippen LogP contribution in [0.2, 0.25) is 0 Å². The maximum Gasteiger partial charge on any atom is 0.189 e. The van der Waals surface area contributed by atoms with Gasteiger partial charge in [0.1, 0.15) is 29.3 Å². The van der Waals surface area contributed by atoms with Crippen LogP contribution in [-0.4, -0.2) is 26.7 Å². The van der Waals surface area contributed by atoms with Gasteiger partial charge in [-0.1, -0.05) is 6.92 Å². The average molecular weight is 380 g/mol. The Hall–Kier alpha value is -2.67. The lowest BCUT2D eigenvalue weighted by Gasteiger charge is -2.17. The highest BCUT2D eigenvalue weighted by atomic mass is 32.1. The molecule has 0 N–H and O–H groups in total. The molecular weight excluding hydrogens is 360 g/mol. The smallest absolute Gasteiger partial charge is 0.189 e. The van der Waals surface area contributed by atoms with Crippen LogP contribution in [-0.2, 0) is 19.4 Å². The summed E-state index contributed by atoms with van der Waals surface area (Å²) >= 11 is 1.81. The van der Waals surface area contributed by atoms with Gasteiger partial charge < -0.3 is 9.47 Å². The third kappa shape index (κ3) is 2.92. The number of aryl methyl sites for hydroxylation is 1. The minimum absolute atomic E-state index is 0.318. The van der Waals surface area contributed by atoms with Crippen molar-refractivity contribution in [1.82, 2.24) is 19.6 Å². The molecule has 1 aliphatic carbocycles. The van der Waals surface area contributed by atoms with E-state index in [1.54, 1.807) is 29.3 Å². The van der Waals surface area contributed by atoms with Crippen LogP contribution in [0.25, 0.3) is 15.9 Å². The summed E-state index contributed by atoms with van der Waals surface area (Å²) in [5, 5.41) is 5.73. The summed E-state index contributed by atoms with van der Waals surface area (Å²) in [5.41, 5.74) is 2.31. The number of hydrogen-bond donors (Lipinski definition) is 0. The van der Waals surface area contributed by atoms with Crippen molar-refractivity contribution in [2.75, 3.05) is 7.11 Å². The van der Waals surface area contributed by atoms with Gasteiger partial charge in [0.15, 0.2) is 11.5 Å². The second-order valence-electron chi connectivity index (χ2n) is 7.04. The lowest BCUT2D eigenvalue weighted by Crippen LogP contribution is -2.08. The van der Waals surface area contributed by atoms with Crippen molar-refractivity contribution in [1.29, 1.82) is 0 Å². The number of thiophene rings is 1. The quantitative estimate of drug-likeness (QED) is 0.534. The maximum atomic E-state index is 5.83. The van der Waals surface area contributed by atoms with Crippen LogP contribution < -0.4 is 9.47 Å². The summed E-state index contributed by atoms with van der Waals surface area (Å²) in [6.07, 6.45) is 5.22. The van der Waals surface area contributed by atoms with Gasteiger partial charge in [-0.2, -0.15) is 0 Å². The Balaban J connectivity index is 1.46. The Morgan fingerprint density at radius 3 is 2.85 bits per heavy atom. The first kappa shape index (κ1) is 16.5. The van der Waals surface area contributed by atoms with Crippen LogP contribution in [0, 0.1) is 5.92 Å². The Bertz CT molecular complexity index is 1120. The largest absolute Gasteiger partial charge is 0.497 e. The first-order chi connectivity index (χ1) is 13.2. The van der Waals surface area contributed by atoms with Crippen molar-refractivity contribution in [3.63, 3.8) is 0 Å². The SMILES string of the molecule is COc1ccc(OCc2nc3c4c5c(sc4ncn3n2)CC(C)CC5)cc1. The molecule has 1 unspecified atom stereocenters. The van der Waals surface area contributed by atoms with E-state index in [1.807, 2.05) is 24.3 Å². The summed E-state index contributed by atoms with van der Waals surface area (Å²) in [7, 11) is 1.65. The first-order valence-corrected chi connectivity index (χ1v) is 9.94. The zero-order valence-corrected chi connectivity index (χ0v) is 16.1. The Labute approximate surface area is 160 Å². The van der Waals surface area contributed by atoms with Crippen LogP contribution in [0.5, 0.6) is 11.5 Å². The molecule has 0 saturated heterocycles. The predicted octanol–water partition coefficient (Wildman–Crippen LogP) is 4.05. The minimum atomic E-state index is 0.318. The fourth-order valence-electron chi connectivity index (χ4n) is 3.66. The second kappa shape index (κ2) is 6.49. The summed E-state index contributed by atoms with van der Waals surface area (Å²) in [6.45, 7) is 2.64. The number of nitrogens with zero attached hydrogens (tertiary/aromatic N) is 4. The van der Waals surface area contributed by atoms with E-state index in [1.165, 1.54) is 22.2 Å². The zero-order chi connectivity index (χ0) is 18.4. The number of ether oxygens (including phenoxy) is 2. The van der Waals surface area contributed by atoms with E-state index in [4.69, 9.17) is 14.5 Å². The van der Waals surface area contributed by atoms with Gasteiger partial charge in [0, 0.05) is 4.88 Å². The van der Waals surface area contributed by atoms with E-state index >= 15 is 0 Å². The van der Waals surface area contributed by atoms with Crippen molar-refractivity contribution >= 4 is 27.2 Å². The lowest BCUT2D eigenvalue weighted by molar-refractivity contribution is 0.295. The van der Waals surface area contributed by atoms with Gasteiger partial charge in [-0.25, -0.2) is 14.5 Å². The van der Waals surface area contributed by atoms with Crippen molar-refractivity contribution in [3.05, 3.63) is 46.9 Å². The molecule has 0 spiro atoms. The predicted molar refractivity (Wildman–Crippen MR) is 105 cm³/mol. The summed E-state index contributed by atoms with van der Waals surface area (Å²) < 4.78 is 12.8. The van der Waals surface area contributed by atoms with Crippen LogP contribution in [0.15, 0.2) is 30.6 Å². The molecule has 0 saturated carbocycles. The standard InChI is InChI=1S/C20H20N4O2S/c1-12-3-8-15-16(9-12)27-20-18(15)19-22-17(23-24(19)11-21-20)10-26-14-6-4-13(25-2)5-7-14/h4-7,11-12H,3,8-10H2,1-2H3. The van der Waals surface area contributed by atoms with Gasteiger partial charge in [0.05, 0.1) is 12.5 Å². The van der Waals surface area contributed by atoms with Gasteiger partial charge in [-0.3, -0.25) is 0 Å². The van der Waals surface area contributed by atoms with Crippen molar-refractivity contribution in [2.45, 2.75) is 32.8 Å². The molecule has 3 aromatic heterocycles. The molecule has 4 aromatic rings. The average Bonchev–Trinajstić information content (AvgIpc) is 3.26. The Kier molecular flexibility index (Phi) is 3.97. The van der Waals surface area contributed by atoms with E-state index in [0.717, 1.165) is 40.7 Å². The number of aromatic nitrogens is 4. The molecule has 3 heterocycles. The molecule has 0 aliphatic heterocycles. The highest BCUT2D eigenvalue weighted by Gasteiger charge is 2.23. The number of hydrogen-bond acceptors (Lipinski definition) is 6. The topological polar surface area (TPSA) is 61.5 Å². The van der Waals surface area contributed by atoms with Crippen LogP contribution in [0.3, 0.4) is 0 Å². The summed E-state index contributed by atoms with van der Waals surface area (Å²) in [6, 6.07) is 7.51. The van der Waals surface area contributed by atoms with E-state index in [0.29, 0.717) is 12.4 Å². The Morgan fingerprint density at radius 1 is 1.22 bits per heavy atom. The summed E-state index contributed by atoms with van der Waals surface area (Å²) in [5.74, 6) is 2.97. The first-order valence-electron chi connectivity index (χ1n) is 9.12. The molecule has 5 rings (SSSR count). The van der Waals surface area contributed by atoms with Gasteiger partial charge in [0.2, 0.25) is 0 Å². The molecule has 1 aromatic carbocycles. The maximum absolute atomic E-state index is 5.83. The molecule has 6 nitrogen and oxygen atoms in total. The molecule has 27 heavy (non-hydrogen) atoms. The third-order valence-corrected chi connectivity index (χ3v) is 6.27. The van der Waals surface area contributed by atoms with E-state index in [2.05, 4.69) is 17.0 Å². The highest BCUT2D eigenvalue weighted by molar-refractivity contribution is 7.19. The normalized spacial score (nSPS) is 16.6. The molecular formula is C20H20N4O2S. The van der Waals surface area contributed by atoms with Gasteiger partial charge in [-0.05, 0) is 55.0 Å². The van der Waals surface area contributed by atoms with Crippen LogP contribution >= 0.6 is 11.3 Å². The molecule has 1 aliphatic rings. The molecule has 7 heteroatoms. The van der Waals surface area contributed by atoms with Crippen molar-refractivity contribution < 1.29 is 9.47 Å². The van der Waals surface area contributed by atoms with Crippen molar-refractivity contribution in [3.8, 4) is 11.5 Å². The van der Waals surface area contributed by atoms with Crippen molar-refractivity contribution in [2.24, 2.45) is 5.92 Å². The fraction of sp³-hybridized carbons (Fsp3) is 0.350. The molecule has 0 fully saturated rings. The zero-order valence-electron chi connectivity index (χ0n) is 15.3. The summed E-state index contributed by atoms with van der Waals surface area (Å²) in [4.78, 5) is 11.9. The van der Waals surface area contributed by atoms with Gasteiger partial charge in [-0.15, -0.1) is 16.4 Å². The van der Waals surface area contributed by atoms with Crippen LogP contribution in [0.1, 0.15) is 29.6 Å². The number of fused-ring (bicyclic) bond motifs is 5. The molecule has 0 radical (unpaired) electrons. The molecule has 138 valence electrons. The molecule has 0 bridgehead atoms. The lowest BCUT2D eigenvalue weighted by atomic mass is 9.89. The van der Waals surface area contributed by atoms with E-state index in [9.17, 15) is 0 Å². The van der Waals surface area contributed by atoms with E-state index in [-0.39, 0.29) is 0 Å². The highest BCUT2D eigenvalue weighted by Crippen LogP contribution is 2.38. The fourth-order valence-corrected chi connectivity index (χ4v) is 5.01. The number of methoxy groups -OCH3 is 1. The number of rotatable bonds is 4.